The van der Waals surface area contributed by atoms with Gasteiger partial charge in [-0.15, -0.1) is 10.3 Å². The molecule has 0 aromatic rings. The van der Waals surface area contributed by atoms with Crippen molar-refractivity contribution in [1.29, 1.82) is 0 Å². The third-order valence-electron chi connectivity index (χ3n) is 3.99. The molecule has 2 N–H and O–H groups in total. The van der Waals surface area contributed by atoms with Crippen molar-refractivity contribution in [2.75, 3.05) is 13.2 Å². The summed E-state index contributed by atoms with van der Waals surface area (Å²) in [6, 6.07) is 0.140. The molecule has 0 saturated carbocycles. The molecule has 6 heteroatoms. The van der Waals surface area contributed by atoms with Crippen LogP contribution in [0.4, 0.5) is 0 Å². The summed E-state index contributed by atoms with van der Waals surface area (Å²) < 4.78 is 4.92. The van der Waals surface area contributed by atoms with Gasteiger partial charge in [0, 0.05) is 29.2 Å². The van der Waals surface area contributed by atoms with Crippen molar-refractivity contribution in [1.82, 2.24) is 10.4 Å². The second-order valence-corrected chi connectivity index (χ2v) is 7.47. The van der Waals surface area contributed by atoms with Gasteiger partial charge in [-0.1, -0.05) is 6.58 Å². The SMILES string of the molecule is C=C(C)C(=O)OCC(O)CNC1CC(C)(C)N([O])C(C)(C)C1. The lowest BCUT2D eigenvalue weighted by Gasteiger charge is -2.50. The molecule has 1 unspecified atom stereocenters. The fraction of sp³-hybridized carbons (Fsp3) is 0.812. The highest BCUT2D eigenvalue weighted by Gasteiger charge is 2.45. The number of esters is 1. The minimum Gasteiger partial charge on any atom is -0.460 e. The molecular weight excluding hydrogens is 284 g/mol. The van der Waals surface area contributed by atoms with Crippen molar-refractivity contribution in [3.63, 3.8) is 0 Å². The molecule has 1 saturated heterocycles. The van der Waals surface area contributed by atoms with E-state index >= 15 is 0 Å². The molecule has 1 aliphatic heterocycles. The zero-order valence-electron chi connectivity index (χ0n) is 14.3. The largest absolute Gasteiger partial charge is 0.460 e. The van der Waals surface area contributed by atoms with Gasteiger partial charge in [-0.25, -0.2) is 4.79 Å². The molecule has 0 spiro atoms. The maximum atomic E-state index is 12.3. The van der Waals surface area contributed by atoms with E-state index in [0.29, 0.717) is 25.0 Å². The third-order valence-corrected chi connectivity index (χ3v) is 3.99. The Kier molecular flexibility index (Phi) is 6.15. The van der Waals surface area contributed by atoms with E-state index in [9.17, 15) is 15.1 Å². The second-order valence-electron chi connectivity index (χ2n) is 7.47. The molecule has 0 aromatic carbocycles. The van der Waals surface area contributed by atoms with Gasteiger partial charge in [0.25, 0.3) is 0 Å². The van der Waals surface area contributed by atoms with Crippen LogP contribution in [0.3, 0.4) is 0 Å². The van der Waals surface area contributed by atoms with E-state index in [1.807, 2.05) is 27.7 Å². The molecule has 1 atom stereocenters. The number of hydrogen-bond acceptors (Lipinski definition) is 5. The van der Waals surface area contributed by atoms with E-state index in [-0.39, 0.29) is 12.6 Å². The van der Waals surface area contributed by atoms with Crippen molar-refractivity contribution in [2.24, 2.45) is 0 Å². The van der Waals surface area contributed by atoms with Crippen molar-refractivity contribution >= 4 is 5.97 Å². The number of piperidine rings is 1. The van der Waals surface area contributed by atoms with Crippen LogP contribution < -0.4 is 5.32 Å². The molecule has 0 amide bonds. The molecule has 127 valence electrons. The molecule has 1 fully saturated rings. The first-order valence-corrected chi connectivity index (χ1v) is 7.67. The van der Waals surface area contributed by atoms with E-state index in [1.165, 1.54) is 5.06 Å². The smallest absolute Gasteiger partial charge is 0.333 e. The average Bonchev–Trinajstić information content (AvgIpc) is 2.39. The Morgan fingerprint density at radius 3 is 2.32 bits per heavy atom. The van der Waals surface area contributed by atoms with Crippen LogP contribution in [0.25, 0.3) is 0 Å². The van der Waals surface area contributed by atoms with Gasteiger partial charge in [0.2, 0.25) is 0 Å². The Labute approximate surface area is 133 Å². The lowest BCUT2D eigenvalue weighted by molar-refractivity contribution is -0.290. The van der Waals surface area contributed by atoms with E-state index in [4.69, 9.17) is 4.74 Å². The van der Waals surface area contributed by atoms with Crippen LogP contribution in [0.1, 0.15) is 47.5 Å². The Morgan fingerprint density at radius 2 is 1.86 bits per heavy atom. The number of nitrogens with one attached hydrogen (secondary N) is 1. The zero-order chi connectivity index (χ0) is 17.1. The molecular formula is C16H29N2O4. The number of ether oxygens (including phenoxy) is 1. The predicted molar refractivity (Wildman–Crippen MR) is 83.5 cm³/mol. The molecule has 22 heavy (non-hydrogen) atoms. The number of hydrogen-bond donors (Lipinski definition) is 2. The topological polar surface area (TPSA) is 81.7 Å². The summed E-state index contributed by atoms with van der Waals surface area (Å²) in [5.41, 5.74) is -0.584. The van der Waals surface area contributed by atoms with Crippen LogP contribution in [0.5, 0.6) is 0 Å². The number of carbonyl (C=O) groups is 1. The summed E-state index contributed by atoms with van der Waals surface area (Å²) in [6.45, 7) is 13.0. The van der Waals surface area contributed by atoms with Crippen LogP contribution in [-0.4, -0.2) is 52.5 Å². The van der Waals surface area contributed by atoms with Gasteiger partial charge in [0.15, 0.2) is 0 Å². The Hall–Kier alpha value is -0.950. The fourth-order valence-electron chi connectivity index (χ4n) is 3.06. The predicted octanol–water partition coefficient (Wildman–Crippen LogP) is 1.42. The number of rotatable bonds is 6. The van der Waals surface area contributed by atoms with Crippen molar-refractivity contribution in [3.8, 4) is 0 Å². The average molecular weight is 313 g/mol. The van der Waals surface area contributed by atoms with Crippen LogP contribution >= 0.6 is 0 Å². The van der Waals surface area contributed by atoms with E-state index in [0.717, 1.165) is 0 Å². The van der Waals surface area contributed by atoms with E-state index in [2.05, 4.69) is 11.9 Å². The first-order chi connectivity index (χ1) is 9.95. The van der Waals surface area contributed by atoms with Crippen LogP contribution in [0.2, 0.25) is 0 Å². The van der Waals surface area contributed by atoms with Gasteiger partial charge >= 0.3 is 5.97 Å². The van der Waals surface area contributed by atoms with Crippen LogP contribution in [0.15, 0.2) is 12.2 Å². The quantitative estimate of drug-likeness (QED) is 0.572. The summed E-state index contributed by atoms with van der Waals surface area (Å²) in [5, 5.41) is 26.6. The van der Waals surface area contributed by atoms with Crippen molar-refractivity contribution in [3.05, 3.63) is 12.2 Å². The zero-order valence-corrected chi connectivity index (χ0v) is 14.3. The van der Waals surface area contributed by atoms with Gasteiger partial charge in [-0.3, -0.25) is 0 Å². The molecule has 0 aromatic heterocycles. The molecule has 0 aliphatic carbocycles. The van der Waals surface area contributed by atoms with Gasteiger partial charge in [-0.2, -0.15) is 0 Å². The number of aliphatic hydroxyl groups excluding tert-OH is 1. The number of aliphatic hydroxyl groups is 1. The molecule has 6 nitrogen and oxygen atoms in total. The van der Waals surface area contributed by atoms with Gasteiger partial charge < -0.3 is 15.2 Å². The lowest BCUT2D eigenvalue weighted by Crippen LogP contribution is -2.62. The fourth-order valence-corrected chi connectivity index (χ4v) is 3.06. The molecule has 1 radical (unpaired) electrons. The lowest BCUT2D eigenvalue weighted by atomic mass is 9.79. The first-order valence-electron chi connectivity index (χ1n) is 7.67. The Bertz CT molecular complexity index is 402. The Morgan fingerprint density at radius 1 is 1.36 bits per heavy atom. The minimum atomic E-state index is -0.778. The summed E-state index contributed by atoms with van der Waals surface area (Å²) in [5.74, 6) is -0.499. The normalized spacial score (nSPS) is 23.0. The second kappa shape index (κ2) is 7.08. The monoisotopic (exact) mass is 313 g/mol. The van der Waals surface area contributed by atoms with Crippen molar-refractivity contribution in [2.45, 2.75) is 70.7 Å². The molecule has 1 heterocycles. The molecule has 1 rings (SSSR count). The highest BCUT2D eigenvalue weighted by atomic mass is 16.5. The maximum Gasteiger partial charge on any atom is 0.333 e. The standard InChI is InChI=1S/C16H29N2O4/c1-11(2)14(20)22-10-13(19)9-17-12-7-15(3,4)18(21)16(5,6)8-12/h12-13,17,19H,1,7-10H2,2-6H3. The summed E-state index contributed by atoms with van der Waals surface area (Å²) in [7, 11) is 0. The maximum absolute atomic E-state index is 12.3. The van der Waals surface area contributed by atoms with Crippen LogP contribution in [0, 0.1) is 0 Å². The van der Waals surface area contributed by atoms with E-state index < -0.39 is 23.2 Å². The summed E-state index contributed by atoms with van der Waals surface area (Å²) in [4.78, 5) is 11.3. The minimum absolute atomic E-state index is 0.0636. The molecule has 1 aliphatic rings. The highest BCUT2D eigenvalue weighted by Crippen LogP contribution is 2.36. The Balaban J connectivity index is 2.44. The van der Waals surface area contributed by atoms with Crippen molar-refractivity contribution < 1.29 is 19.8 Å². The number of carbonyl (C=O) groups excluding carboxylic acids is 1. The first kappa shape index (κ1) is 19.1. The van der Waals surface area contributed by atoms with Gasteiger partial charge in [-0.05, 0) is 47.5 Å². The number of hydroxylamine groups is 2. The van der Waals surface area contributed by atoms with Gasteiger partial charge in [0.05, 0.1) is 0 Å². The molecule has 0 bridgehead atoms. The number of nitrogens with zero attached hydrogens (tertiary/aromatic N) is 1. The highest BCUT2D eigenvalue weighted by molar-refractivity contribution is 5.86. The summed E-state index contributed by atoms with van der Waals surface area (Å²) >= 11 is 0. The third kappa shape index (κ3) is 5.05. The van der Waals surface area contributed by atoms with Crippen LogP contribution in [-0.2, 0) is 14.7 Å². The van der Waals surface area contributed by atoms with Gasteiger partial charge in [0.1, 0.15) is 12.7 Å². The summed E-state index contributed by atoms with van der Waals surface area (Å²) in [6.07, 6.45) is 0.635. The van der Waals surface area contributed by atoms with E-state index in [1.54, 1.807) is 6.92 Å².